The molecule has 3 saturated heterocycles. The SMILES string of the molecule is Cc1cc(OC[C@@]2(CC(=O)N3CCOCC3)CN(C(=O)CC[C@H]3CCCO3)CCO2)ccc1Cl. The van der Waals surface area contributed by atoms with Gasteiger partial charge in [-0.25, -0.2) is 0 Å². The van der Waals surface area contributed by atoms with Gasteiger partial charge in [0.05, 0.1) is 38.9 Å². The van der Waals surface area contributed by atoms with E-state index in [4.69, 9.17) is 30.5 Å². The van der Waals surface area contributed by atoms with Crippen LogP contribution in [0.3, 0.4) is 0 Å². The fourth-order valence-corrected chi connectivity index (χ4v) is 4.86. The van der Waals surface area contributed by atoms with E-state index >= 15 is 0 Å². The smallest absolute Gasteiger partial charge is 0.225 e. The largest absolute Gasteiger partial charge is 0.490 e. The average Bonchev–Trinajstić information content (AvgIpc) is 3.38. The minimum atomic E-state index is -0.916. The molecular formula is C25H35ClN2O6. The van der Waals surface area contributed by atoms with E-state index in [1.807, 2.05) is 17.9 Å². The van der Waals surface area contributed by atoms with E-state index in [1.54, 1.807) is 17.0 Å². The number of aryl methyl sites for hydroxylation is 1. The van der Waals surface area contributed by atoms with E-state index < -0.39 is 5.60 Å². The molecule has 0 aliphatic carbocycles. The molecule has 34 heavy (non-hydrogen) atoms. The molecule has 3 aliphatic rings. The van der Waals surface area contributed by atoms with Crippen molar-refractivity contribution in [2.45, 2.75) is 50.7 Å². The second kappa shape index (κ2) is 11.7. The van der Waals surface area contributed by atoms with Gasteiger partial charge in [-0.05, 0) is 49.9 Å². The van der Waals surface area contributed by atoms with Gasteiger partial charge in [0.25, 0.3) is 0 Å². The number of hydrogen-bond acceptors (Lipinski definition) is 6. The third-order valence-electron chi connectivity index (χ3n) is 6.77. The van der Waals surface area contributed by atoms with E-state index in [9.17, 15) is 9.59 Å². The van der Waals surface area contributed by atoms with Crippen LogP contribution in [-0.4, -0.2) is 92.5 Å². The molecule has 1 aromatic carbocycles. The monoisotopic (exact) mass is 494 g/mol. The van der Waals surface area contributed by atoms with Crippen molar-refractivity contribution in [1.82, 2.24) is 9.80 Å². The highest BCUT2D eigenvalue weighted by molar-refractivity contribution is 6.31. The molecule has 0 unspecified atom stereocenters. The number of amides is 2. The Bertz CT molecular complexity index is 856. The van der Waals surface area contributed by atoms with E-state index in [-0.39, 0.29) is 30.9 Å². The molecule has 1 aromatic rings. The Hall–Kier alpha value is -1.87. The van der Waals surface area contributed by atoms with Crippen LogP contribution in [0.15, 0.2) is 18.2 Å². The van der Waals surface area contributed by atoms with Crippen LogP contribution >= 0.6 is 11.6 Å². The van der Waals surface area contributed by atoms with Gasteiger partial charge in [0.1, 0.15) is 18.0 Å². The second-order valence-corrected chi connectivity index (χ2v) is 9.80. The quantitative estimate of drug-likeness (QED) is 0.553. The lowest BCUT2D eigenvalue weighted by Gasteiger charge is -2.43. The lowest BCUT2D eigenvalue weighted by molar-refractivity contribution is -0.167. The Morgan fingerprint density at radius 1 is 1.12 bits per heavy atom. The van der Waals surface area contributed by atoms with Crippen molar-refractivity contribution in [3.05, 3.63) is 28.8 Å². The van der Waals surface area contributed by atoms with Crippen LogP contribution in [-0.2, 0) is 23.8 Å². The maximum Gasteiger partial charge on any atom is 0.225 e. The Kier molecular flexibility index (Phi) is 8.69. The number of nitrogens with zero attached hydrogens (tertiary/aromatic N) is 2. The van der Waals surface area contributed by atoms with Crippen LogP contribution in [0.4, 0.5) is 0 Å². The number of benzene rings is 1. The van der Waals surface area contributed by atoms with Gasteiger partial charge in [-0.2, -0.15) is 0 Å². The van der Waals surface area contributed by atoms with Gasteiger partial charge in [-0.3, -0.25) is 9.59 Å². The fourth-order valence-electron chi connectivity index (χ4n) is 4.74. The first-order chi connectivity index (χ1) is 16.4. The fraction of sp³-hybridized carbons (Fsp3) is 0.680. The van der Waals surface area contributed by atoms with Crippen LogP contribution in [0.2, 0.25) is 5.02 Å². The molecule has 0 saturated carbocycles. The predicted molar refractivity (Wildman–Crippen MR) is 127 cm³/mol. The molecule has 3 heterocycles. The van der Waals surface area contributed by atoms with Gasteiger partial charge in [0, 0.05) is 37.7 Å². The van der Waals surface area contributed by atoms with Gasteiger partial charge in [0.15, 0.2) is 0 Å². The summed E-state index contributed by atoms with van der Waals surface area (Å²) in [6.45, 7) is 6.26. The van der Waals surface area contributed by atoms with Crippen molar-refractivity contribution in [3.63, 3.8) is 0 Å². The Morgan fingerprint density at radius 3 is 2.65 bits per heavy atom. The molecule has 2 amide bonds. The third kappa shape index (κ3) is 6.62. The first kappa shape index (κ1) is 25.2. The number of halogens is 1. The molecule has 0 bridgehead atoms. The van der Waals surface area contributed by atoms with Crippen molar-refractivity contribution in [3.8, 4) is 5.75 Å². The minimum absolute atomic E-state index is 0.00663. The van der Waals surface area contributed by atoms with E-state index in [1.165, 1.54) is 0 Å². The molecule has 0 N–H and O–H groups in total. The molecule has 9 heteroatoms. The Balaban J connectivity index is 1.44. The number of rotatable bonds is 8. The Labute approximate surface area is 206 Å². The summed E-state index contributed by atoms with van der Waals surface area (Å²) < 4.78 is 23.4. The van der Waals surface area contributed by atoms with Crippen molar-refractivity contribution >= 4 is 23.4 Å². The molecule has 0 radical (unpaired) electrons. The molecule has 0 aromatic heterocycles. The number of hydrogen-bond donors (Lipinski definition) is 0. The number of ether oxygens (including phenoxy) is 4. The molecule has 0 spiro atoms. The van der Waals surface area contributed by atoms with Crippen molar-refractivity contribution in [2.24, 2.45) is 0 Å². The van der Waals surface area contributed by atoms with Gasteiger partial charge >= 0.3 is 0 Å². The maximum absolute atomic E-state index is 13.2. The summed E-state index contributed by atoms with van der Waals surface area (Å²) in [7, 11) is 0. The maximum atomic E-state index is 13.2. The lowest BCUT2D eigenvalue weighted by atomic mass is 9.96. The summed E-state index contributed by atoms with van der Waals surface area (Å²) in [6, 6.07) is 5.47. The van der Waals surface area contributed by atoms with Crippen LogP contribution in [0.5, 0.6) is 5.75 Å². The topological polar surface area (TPSA) is 77.5 Å². The molecule has 3 fully saturated rings. The first-order valence-electron chi connectivity index (χ1n) is 12.2. The Morgan fingerprint density at radius 2 is 1.91 bits per heavy atom. The average molecular weight is 495 g/mol. The second-order valence-electron chi connectivity index (χ2n) is 9.39. The van der Waals surface area contributed by atoms with Crippen LogP contribution in [0.1, 0.15) is 37.7 Å². The van der Waals surface area contributed by atoms with E-state index in [0.29, 0.717) is 63.2 Å². The molecule has 188 valence electrons. The highest BCUT2D eigenvalue weighted by atomic mass is 35.5. The zero-order chi connectivity index (χ0) is 24.0. The van der Waals surface area contributed by atoms with Crippen molar-refractivity contribution in [2.75, 3.05) is 59.2 Å². The molecular weight excluding hydrogens is 460 g/mol. The van der Waals surface area contributed by atoms with Crippen molar-refractivity contribution < 1.29 is 28.5 Å². The van der Waals surface area contributed by atoms with Gasteiger partial charge < -0.3 is 28.7 Å². The predicted octanol–water partition coefficient (Wildman–Crippen LogP) is 2.83. The molecule has 4 rings (SSSR count). The normalized spacial score (nSPS) is 25.4. The summed E-state index contributed by atoms with van der Waals surface area (Å²) in [4.78, 5) is 29.8. The third-order valence-corrected chi connectivity index (χ3v) is 7.20. The van der Waals surface area contributed by atoms with Crippen LogP contribution in [0, 0.1) is 6.92 Å². The zero-order valence-corrected chi connectivity index (χ0v) is 20.7. The molecule has 3 aliphatic heterocycles. The van der Waals surface area contributed by atoms with Crippen molar-refractivity contribution in [1.29, 1.82) is 0 Å². The molecule has 8 nitrogen and oxygen atoms in total. The first-order valence-corrected chi connectivity index (χ1v) is 12.6. The number of carbonyl (C=O) groups is 2. The summed E-state index contributed by atoms with van der Waals surface area (Å²) in [5.41, 5.74) is -0.00569. The zero-order valence-electron chi connectivity index (χ0n) is 19.9. The summed E-state index contributed by atoms with van der Waals surface area (Å²) >= 11 is 6.15. The van der Waals surface area contributed by atoms with E-state index in [0.717, 1.165) is 31.4 Å². The van der Waals surface area contributed by atoms with Crippen LogP contribution in [0.25, 0.3) is 0 Å². The highest BCUT2D eigenvalue weighted by Crippen LogP contribution is 2.28. The van der Waals surface area contributed by atoms with Gasteiger partial charge in [-0.15, -0.1) is 0 Å². The summed E-state index contributed by atoms with van der Waals surface area (Å²) in [5.74, 6) is 0.725. The van der Waals surface area contributed by atoms with Gasteiger partial charge in [-0.1, -0.05) is 11.6 Å². The van der Waals surface area contributed by atoms with Gasteiger partial charge in [0.2, 0.25) is 11.8 Å². The minimum Gasteiger partial charge on any atom is -0.490 e. The molecule has 2 atom stereocenters. The summed E-state index contributed by atoms with van der Waals surface area (Å²) in [6.07, 6.45) is 3.57. The number of morpholine rings is 2. The summed E-state index contributed by atoms with van der Waals surface area (Å²) in [5, 5.41) is 0.668. The van der Waals surface area contributed by atoms with E-state index in [2.05, 4.69) is 0 Å². The lowest BCUT2D eigenvalue weighted by Crippen LogP contribution is -2.58. The highest BCUT2D eigenvalue weighted by Gasteiger charge is 2.42. The van der Waals surface area contributed by atoms with Crippen LogP contribution < -0.4 is 4.74 Å². The number of carbonyl (C=O) groups excluding carboxylic acids is 2. The standard InChI is InChI=1S/C25H35ClN2O6/c1-19-15-21(4-6-22(19)26)33-18-25(16-24(30)27-8-12-31-13-9-27)17-28(10-14-34-25)23(29)7-5-20-3-2-11-32-20/h4,6,15,20H,2-3,5,7-14,16-18H2,1H3/t20-,25-/m1/s1.